The van der Waals surface area contributed by atoms with Crippen molar-refractivity contribution in [2.45, 2.75) is 25.4 Å². The third-order valence-corrected chi connectivity index (χ3v) is 5.92. The molecular weight excluding hydrogens is 374 g/mol. The van der Waals surface area contributed by atoms with Crippen LogP contribution in [0.3, 0.4) is 0 Å². The average molecular weight is 399 g/mol. The molecule has 152 valence electrons. The number of carbonyl (C=O) groups is 1. The quantitative estimate of drug-likeness (QED) is 0.521. The van der Waals surface area contributed by atoms with E-state index in [9.17, 15) is 4.79 Å². The Morgan fingerprint density at radius 2 is 1.80 bits per heavy atom. The van der Waals surface area contributed by atoms with Gasteiger partial charge in [-0.2, -0.15) is 5.10 Å². The van der Waals surface area contributed by atoms with Crippen LogP contribution in [0.15, 0.2) is 73.1 Å². The van der Waals surface area contributed by atoms with Gasteiger partial charge in [-0.05, 0) is 36.6 Å². The van der Waals surface area contributed by atoms with E-state index in [2.05, 4.69) is 50.8 Å². The highest BCUT2D eigenvalue weighted by Gasteiger charge is 2.24. The maximum atomic E-state index is 12.5. The number of H-pyrrole nitrogens is 1. The summed E-state index contributed by atoms with van der Waals surface area (Å²) >= 11 is 0. The second-order valence-corrected chi connectivity index (χ2v) is 7.85. The zero-order chi connectivity index (χ0) is 20.3. The summed E-state index contributed by atoms with van der Waals surface area (Å²) < 4.78 is 1.98. The molecule has 1 amide bonds. The Kier molecular flexibility index (Phi) is 5.07. The molecule has 1 aliphatic rings. The topological polar surface area (TPSA) is 66.0 Å². The summed E-state index contributed by atoms with van der Waals surface area (Å²) in [6.07, 6.45) is 5.91. The van der Waals surface area contributed by atoms with Gasteiger partial charge < -0.3 is 10.3 Å². The SMILES string of the molecule is O=C(Nc1ccnn1C1CCN(Cc2c[nH]c3ccccc23)CC1)c1ccccc1. The van der Waals surface area contributed by atoms with E-state index >= 15 is 0 Å². The fourth-order valence-electron chi connectivity index (χ4n) is 4.31. The normalized spacial score (nSPS) is 15.5. The molecule has 5 rings (SSSR count). The molecule has 0 unspecified atom stereocenters. The molecule has 1 fully saturated rings. The van der Waals surface area contributed by atoms with Crippen molar-refractivity contribution < 1.29 is 4.79 Å². The van der Waals surface area contributed by atoms with Gasteiger partial charge in [-0.25, -0.2) is 4.68 Å². The lowest BCUT2D eigenvalue weighted by molar-refractivity contribution is 0.102. The van der Waals surface area contributed by atoms with Gasteiger partial charge in [0.1, 0.15) is 5.82 Å². The number of amides is 1. The van der Waals surface area contributed by atoms with Crippen molar-refractivity contribution >= 4 is 22.6 Å². The van der Waals surface area contributed by atoms with Crippen LogP contribution in [-0.2, 0) is 6.54 Å². The Balaban J connectivity index is 1.22. The van der Waals surface area contributed by atoms with Crippen molar-refractivity contribution in [1.29, 1.82) is 0 Å². The number of para-hydroxylation sites is 1. The van der Waals surface area contributed by atoms with Crippen LogP contribution in [0.25, 0.3) is 10.9 Å². The second-order valence-electron chi connectivity index (χ2n) is 7.85. The lowest BCUT2D eigenvalue weighted by Gasteiger charge is -2.32. The number of piperidine rings is 1. The number of aromatic amines is 1. The molecule has 2 aromatic heterocycles. The van der Waals surface area contributed by atoms with Crippen LogP contribution < -0.4 is 5.32 Å². The van der Waals surface area contributed by atoms with Gasteiger partial charge in [0, 0.05) is 48.4 Å². The summed E-state index contributed by atoms with van der Waals surface area (Å²) in [4.78, 5) is 18.4. The van der Waals surface area contributed by atoms with Crippen molar-refractivity contribution in [2.24, 2.45) is 0 Å². The number of hydrogen-bond acceptors (Lipinski definition) is 3. The van der Waals surface area contributed by atoms with Crippen LogP contribution in [0.4, 0.5) is 5.82 Å². The maximum absolute atomic E-state index is 12.5. The van der Waals surface area contributed by atoms with Crippen molar-refractivity contribution in [3.63, 3.8) is 0 Å². The molecule has 4 aromatic rings. The molecule has 0 saturated carbocycles. The van der Waals surface area contributed by atoms with Gasteiger partial charge in [0.05, 0.1) is 12.2 Å². The Hall–Kier alpha value is -3.38. The van der Waals surface area contributed by atoms with Gasteiger partial charge in [0.15, 0.2) is 0 Å². The number of likely N-dealkylation sites (tertiary alicyclic amines) is 1. The Morgan fingerprint density at radius 1 is 1.03 bits per heavy atom. The second kappa shape index (κ2) is 8.16. The minimum atomic E-state index is -0.103. The summed E-state index contributed by atoms with van der Waals surface area (Å²) in [6.45, 7) is 2.97. The van der Waals surface area contributed by atoms with Crippen LogP contribution in [0.2, 0.25) is 0 Å². The molecule has 2 aromatic carbocycles. The van der Waals surface area contributed by atoms with Crippen molar-refractivity contribution in [1.82, 2.24) is 19.7 Å². The third kappa shape index (κ3) is 3.74. The number of fused-ring (bicyclic) bond motifs is 1. The van der Waals surface area contributed by atoms with Crippen LogP contribution >= 0.6 is 0 Å². The molecule has 0 bridgehead atoms. The highest BCUT2D eigenvalue weighted by Crippen LogP contribution is 2.27. The first-order valence-electron chi connectivity index (χ1n) is 10.5. The Morgan fingerprint density at radius 3 is 2.63 bits per heavy atom. The van der Waals surface area contributed by atoms with Crippen molar-refractivity contribution in [3.05, 3.63) is 84.2 Å². The van der Waals surface area contributed by atoms with Crippen molar-refractivity contribution in [3.8, 4) is 0 Å². The molecule has 30 heavy (non-hydrogen) atoms. The highest BCUT2D eigenvalue weighted by atomic mass is 16.1. The van der Waals surface area contributed by atoms with E-state index in [-0.39, 0.29) is 5.91 Å². The van der Waals surface area contributed by atoms with E-state index < -0.39 is 0 Å². The van der Waals surface area contributed by atoms with E-state index in [0.29, 0.717) is 11.6 Å². The minimum Gasteiger partial charge on any atom is -0.361 e. The molecule has 1 saturated heterocycles. The molecule has 3 heterocycles. The first kappa shape index (κ1) is 18.6. The number of hydrogen-bond donors (Lipinski definition) is 2. The number of aromatic nitrogens is 3. The monoisotopic (exact) mass is 399 g/mol. The Labute approximate surface area is 175 Å². The van der Waals surface area contributed by atoms with Gasteiger partial charge in [-0.3, -0.25) is 9.69 Å². The predicted octanol–water partition coefficient (Wildman–Crippen LogP) is 4.45. The van der Waals surface area contributed by atoms with Crippen LogP contribution in [0, 0.1) is 0 Å². The molecule has 0 radical (unpaired) electrons. The van der Waals surface area contributed by atoms with Gasteiger partial charge >= 0.3 is 0 Å². The summed E-state index contributed by atoms with van der Waals surface area (Å²) in [5, 5.41) is 8.83. The van der Waals surface area contributed by atoms with Crippen LogP contribution in [0.5, 0.6) is 0 Å². The zero-order valence-electron chi connectivity index (χ0n) is 16.8. The van der Waals surface area contributed by atoms with Crippen LogP contribution in [-0.4, -0.2) is 38.7 Å². The molecule has 0 aliphatic carbocycles. The molecule has 1 aliphatic heterocycles. The molecular formula is C24H25N5O. The molecule has 2 N–H and O–H groups in total. The minimum absolute atomic E-state index is 0.103. The number of rotatable bonds is 5. The van der Waals surface area contributed by atoms with E-state index in [1.54, 1.807) is 6.20 Å². The van der Waals surface area contributed by atoms with E-state index in [0.717, 1.165) is 38.3 Å². The average Bonchev–Trinajstić information content (AvgIpc) is 3.42. The summed E-state index contributed by atoms with van der Waals surface area (Å²) in [6, 6.07) is 19.9. The summed E-state index contributed by atoms with van der Waals surface area (Å²) in [5.74, 6) is 0.660. The van der Waals surface area contributed by atoms with Gasteiger partial charge in [0.25, 0.3) is 5.91 Å². The Bertz CT molecular complexity index is 1140. The van der Waals surface area contributed by atoms with Gasteiger partial charge in [-0.15, -0.1) is 0 Å². The van der Waals surface area contributed by atoms with Gasteiger partial charge in [0.2, 0.25) is 0 Å². The molecule has 6 heteroatoms. The number of benzene rings is 2. The molecule has 0 spiro atoms. The zero-order valence-corrected chi connectivity index (χ0v) is 16.8. The first-order valence-corrected chi connectivity index (χ1v) is 10.5. The first-order chi connectivity index (χ1) is 14.8. The van der Waals surface area contributed by atoms with E-state index in [1.165, 1.54) is 16.5 Å². The number of nitrogens with zero attached hydrogens (tertiary/aromatic N) is 3. The van der Waals surface area contributed by atoms with E-state index in [4.69, 9.17) is 0 Å². The fraction of sp³-hybridized carbons (Fsp3) is 0.250. The lowest BCUT2D eigenvalue weighted by atomic mass is 10.0. The molecule has 0 atom stereocenters. The highest BCUT2D eigenvalue weighted by molar-refractivity contribution is 6.03. The number of anilines is 1. The smallest absolute Gasteiger partial charge is 0.256 e. The number of carbonyl (C=O) groups excluding carboxylic acids is 1. The molecule has 6 nitrogen and oxygen atoms in total. The summed E-state index contributed by atoms with van der Waals surface area (Å²) in [5.41, 5.74) is 3.19. The van der Waals surface area contributed by atoms with E-state index in [1.807, 2.05) is 41.1 Å². The fourth-order valence-corrected chi connectivity index (χ4v) is 4.31. The standard InChI is InChI=1S/C24H25N5O/c30-24(18-6-2-1-3-7-18)27-23-10-13-26-29(23)20-11-14-28(15-12-20)17-19-16-25-22-9-5-4-8-21(19)22/h1-10,13,16,20,25H,11-12,14-15,17H2,(H,27,30). The lowest BCUT2D eigenvalue weighted by Crippen LogP contribution is -2.35. The predicted molar refractivity (Wildman–Crippen MR) is 118 cm³/mol. The third-order valence-electron chi connectivity index (χ3n) is 5.92. The maximum Gasteiger partial charge on any atom is 0.256 e. The van der Waals surface area contributed by atoms with Crippen molar-refractivity contribution in [2.75, 3.05) is 18.4 Å². The largest absolute Gasteiger partial charge is 0.361 e. The van der Waals surface area contributed by atoms with Gasteiger partial charge in [-0.1, -0.05) is 36.4 Å². The summed E-state index contributed by atoms with van der Waals surface area (Å²) in [7, 11) is 0. The number of nitrogens with one attached hydrogen (secondary N) is 2. The van der Waals surface area contributed by atoms with Crippen LogP contribution in [0.1, 0.15) is 34.8 Å².